The molecular formula is C22H42I4O2S. The fraction of sp³-hybridized carbons (Fsp3) is 1.00. The Morgan fingerprint density at radius 1 is 0.483 bits per heavy atom. The quantitative estimate of drug-likeness (QED) is 0.0694. The second-order valence-corrected chi connectivity index (χ2v) is 25.1. The molecule has 0 radical (unpaired) electrons. The lowest BCUT2D eigenvalue weighted by Gasteiger charge is -2.30. The van der Waals surface area contributed by atoms with Gasteiger partial charge >= 0.3 is 0 Å². The smallest absolute Gasteiger partial charge is 0.198 e. The summed E-state index contributed by atoms with van der Waals surface area (Å²) in [5.41, 5.74) is 0. The molecule has 0 fully saturated rings. The maximum absolute atomic E-state index is 13.3. The number of hydrogen-bond donors (Lipinski definition) is 0. The summed E-state index contributed by atoms with van der Waals surface area (Å²) in [6.07, 6.45) is 21.5. The van der Waals surface area contributed by atoms with Crippen LogP contribution in [0.15, 0.2) is 0 Å². The van der Waals surface area contributed by atoms with Gasteiger partial charge in [0.15, 0.2) is 11.4 Å². The molecule has 7 heteroatoms. The van der Waals surface area contributed by atoms with Crippen LogP contribution in [0.1, 0.15) is 129 Å². The van der Waals surface area contributed by atoms with Gasteiger partial charge in [-0.3, -0.25) is 0 Å². The molecule has 0 aromatic rings. The Bertz CT molecular complexity index is 455. The fourth-order valence-corrected chi connectivity index (χ4v) is 15.8. The third-order valence-electron chi connectivity index (χ3n) is 5.43. The Hall–Kier alpha value is 2.87. The molecule has 0 unspecified atom stereocenters. The molecule has 0 aliphatic heterocycles. The molecule has 0 amide bonds. The van der Waals surface area contributed by atoms with Crippen LogP contribution in [0.25, 0.3) is 0 Å². The zero-order chi connectivity index (χ0) is 22.2. The molecule has 0 saturated heterocycles. The topological polar surface area (TPSA) is 34.1 Å². The van der Waals surface area contributed by atoms with Crippen molar-refractivity contribution in [1.29, 1.82) is 0 Å². The third kappa shape index (κ3) is 14.0. The van der Waals surface area contributed by atoms with E-state index in [1.54, 1.807) is 0 Å². The molecule has 0 rings (SSSR count). The zero-order valence-corrected chi connectivity index (χ0v) is 27.9. The first kappa shape index (κ1) is 31.9. The van der Waals surface area contributed by atoms with Crippen LogP contribution in [0.2, 0.25) is 0 Å². The summed E-state index contributed by atoms with van der Waals surface area (Å²) in [4.78, 5) is 0. The van der Waals surface area contributed by atoms with Gasteiger partial charge in [0, 0.05) is 0 Å². The normalized spacial score (nSPS) is 13.2. The van der Waals surface area contributed by atoms with Crippen LogP contribution >= 0.6 is 90.4 Å². The second kappa shape index (κ2) is 18.2. The first-order valence-electron chi connectivity index (χ1n) is 11.6. The highest BCUT2D eigenvalue weighted by molar-refractivity contribution is 14.2. The van der Waals surface area contributed by atoms with Gasteiger partial charge in [-0.25, -0.2) is 8.42 Å². The highest BCUT2D eigenvalue weighted by Gasteiger charge is 2.50. The van der Waals surface area contributed by atoms with Crippen molar-refractivity contribution in [3.63, 3.8) is 0 Å². The lowest BCUT2D eigenvalue weighted by atomic mass is 10.1. The summed E-state index contributed by atoms with van der Waals surface area (Å²) in [5, 5.41) is 0. The maximum Gasteiger partial charge on any atom is 0.198 e. The van der Waals surface area contributed by atoms with Gasteiger partial charge in [0.2, 0.25) is 0 Å². The van der Waals surface area contributed by atoms with Crippen molar-refractivity contribution in [2.75, 3.05) is 0 Å². The molecule has 0 aliphatic rings. The number of halogens is 4. The van der Waals surface area contributed by atoms with Crippen LogP contribution in [0.4, 0.5) is 0 Å². The summed E-state index contributed by atoms with van der Waals surface area (Å²) >= 11 is 8.80. The molecule has 0 spiro atoms. The first-order valence-corrected chi connectivity index (χ1v) is 17.4. The molecule has 0 heterocycles. The predicted molar refractivity (Wildman–Crippen MR) is 165 cm³/mol. The van der Waals surface area contributed by atoms with E-state index in [0.29, 0.717) is 0 Å². The third-order valence-corrected chi connectivity index (χ3v) is 16.5. The molecule has 0 aliphatic carbocycles. The van der Waals surface area contributed by atoms with Gasteiger partial charge in [0.25, 0.3) is 0 Å². The fourth-order valence-electron chi connectivity index (χ4n) is 3.42. The minimum Gasteiger partial charge on any atom is -0.224 e. The van der Waals surface area contributed by atoms with Crippen LogP contribution < -0.4 is 0 Å². The molecule has 2 nitrogen and oxygen atoms in total. The Kier molecular flexibility index (Phi) is 20.0. The van der Waals surface area contributed by atoms with E-state index in [-0.39, 0.29) is 0 Å². The number of rotatable bonds is 20. The van der Waals surface area contributed by atoms with E-state index in [1.807, 2.05) is 0 Å². The first-order chi connectivity index (χ1) is 13.6. The van der Waals surface area contributed by atoms with Crippen molar-refractivity contribution >= 4 is 100 Å². The summed E-state index contributed by atoms with van der Waals surface area (Å²) in [6.45, 7) is 4.49. The summed E-state index contributed by atoms with van der Waals surface area (Å²) in [5.74, 6) is 0. The van der Waals surface area contributed by atoms with Crippen molar-refractivity contribution < 1.29 is 8.42 Å². The Labute approximate surface area is 236 Å². The lowest BCUT2D eigenvalue weighted by molar-refractivity contribution is 0.551. The van der Waals surface area contributed by atoms with Crippen LogP contribution in [0, 0.1) is 0 Å². The van der Waals surface area contributed by atoms with E-state index < -0.39 is 11.4 Å². The van der Waals surface area contributed by atoms with E-state index in [2.05, 4.69) is 104 Å². The summed E-state index contributed by atoms with van der Waals surface area (Å²) < 4.78 is 25.3. The van der Waals surface area contributed by atoms with Crippen LogP contribution in [-0.2, 0) is 9.84 Å². The lowest BCUT2D eigenvalue weighted by Crippen LogP contribution is -2.37. The minimum absolute atomic E-state index is 0.687. The maximum atomic E-state index is 13.3. The molecule has 0 saturated carbocycles. The average Bonchev–Trinajstić information content (AvgIpc) is 2.65. The van der Waals surface area contributed by atoms with Crippen molar-refractivity contribution in [2.45, 2.75) is 131 Å². The average molecular weight is 878 g/mol. The molecule has 0 N–H and O–H groups in total. The van der Waals surface area contributed by atoms with E-state index in [4.69, 9.17) is 0 Å². The van der Waals surface area contributed by atoms with Gasteiger partial charge in [-0.05, 0) is 103 Å². The van der Waals surface area contributed by atoms with E-state index in [1.165, 1.54) is 77.0 Å². The van der Waals surface area contributed by atoms with Gasteiger partial charge < -0.3 is 0 Å². The minimum atomic E-state index is -3.20. The standard InChI is InChI=1S/C22H42I4O2S/c1-3-5-7-9-11-13-15-17-19-21(23,24)29(27,28)22(25,26)20-18-16-14-12-10-8-6-4-2/h3-20H2,1-2H3. The van der Waals surface area contributed by atoms with Crippen LogP contribution in [0.3, 0.4) is 0 Å². The Morgan fingerprint density at radius 3 is 1.00 bits per heavy atom. The molecule has 0 aromatic carbocycles. The number of unbranched alkanes of at least 4 members (excludes halogenated alkanes) is 14. The molecule has 29 heavy (non-hydrogen) atoms. The monoisotopic (exact) mass is 878 g/mol. The molecule has 176 valence electrons. The van der Waals surface area contributed by atoms with E-state index in [9.17, 15) is 8.42 Å². The predicted octanol–water partition coefficient (Wildman–Crippen LogP) is 10.5. The number of hydrogen-bond acceptors (Lipinski definition) is 2. The number of alkyl halides is 4. The van der Waals surface area contributed by atoms with Gasteiger partial charge in [-0.1, -0.05) is 117 Å². The summed E-state index contributed by atoms with van der Waals surface area (Å²) in [7, 11) is -3.20. The number of sulfone groups is 1. The Balaban J connectivity index is 4.21. The Morgan fingerprint density at radius 2 is 0.724 bits per heavy atom. The van der Waals surface area contributed by atoms with Crippen LogP contribution in [0.5, 0.6) is 0 Å². The van der Waals surface area contributed by atoms with Gasteiger partial charge in [0.05, 0.1) is 0 Å². The largest absolute Gasteiger partial charge is 0.224 e. The highest BCUT2D eigenvalue weighted by atomic mass is 127. The second-order valence-electron chi connectivity index (χ2n) is 8.23. The van der Waals surface area contributed by atoms with E-state index in [0.717, 1.165) is 38.5 Å². The van der Waals surface area contributed by atoms with Crippen LogP contribution in [-0.4, -0.2) is 9.94 Å². The van der Waals surface area contributed by atoms with Crippen molar-refractivity contribution in [3.05, 3.63) is 0 Å². The highest BCUT2D eigenvalue weighted by Crippen LogP contribution is 2.52. The van der Waals surface area contributed by atoms with E-state index >= 15 is 0 Å². The molecule has 0 bridgehead atoms. The van der Waals surface area contributed by atoms with Crippen molar-refractivity contribution in [2.24, 2.45) is 0 Å². The van der Waals surface area contributed by atoms with Gasteiger partial charge in [-0.15, -0.1) is 0 Å². The zero-order valence-electron chi connectivity index (χ0n) is 18.5. The molecular weight excluding hydrogens is 836 g/mol. The van der Waals surface area contributed by atoms with Gasteiger partial charge in [0.1, 0.15) is 0 Å². The summed E-state index contributed by atoms with van der Waals surface area (Å²) in [6, 6.07) is 0. The molecule has 0 atom stereocenters. The van der Waals surface area contributed by atoms with Crippen molar-refractivity contribution in [1.82, 2.24) is 0 Å². The van der Waals surface area contributed by atoms with Gasteiger partial charge in [-0.2, -0.15) is 0 Å². The van der Waals surface area contributed by atoms with Crippen molar-refractivity contribution in [3.8, 4) is 0 Å². The molecule has 0 aromatic heterocycles. The SMILES string of the molecule is CCCCCCCCCCC(I)(I)S(=O)(=O)C(I)(I)CCCCCCCCCC.